The highest BCUT2D eigenvalue weighted by Crippen LogP contribution is 2.36. The fraction of sp³-hybridized carbons (Fsp3) is 0.929. The minimum Gasteiger partial charge on any atom is -0.396 e. The third-order valence-electron chi connectivity index (χ3n) is 4.53. The second-order valence-electron chi connectivity index (χ2n) is 6.06. The highest BCUT2D eigenvalue weighted by molar-refractivity contribution is 5.79. The molecule has 3 atom stereocenters. The first-order chi connectivity index (χ1) is 8.13. The van der Waals surface area contributed by atoms with Gasteiger partial charge in [0.05, 0.1) is 0 Å². The lowest BCUT2D eigenvalue weighted by Gasteiger charge is -2.40. The van der Waals surface area contributed by atoms with Gasteiger partial charge in [0.2, 0.25) is 5.91 Å². The molecule has 2 rings (SSSR count). The molecule has 0 spiro atoms. The molecule has 1 heterocycles. The molecule has 98 valence electrons. The van der Waals surface area contributed by atoms with E-state index in [9.17, 15) is 9.90 Å². The Morgan fingerprint density at radius 1 is 1.35 bits per heavy atom. The number of likely N-dealkylation sites (tertiary alicyclic amines) is 1. The van der Waals surface area contributed by atoms with Crippen LogP contribution in [0.2, 0.25) is 0 Å². The lowest BCUT2D eigenvalue weighted by molar-refractivity contribution is -0.131. The van der Waals surface area contributed by atoms with Crippen molar-refractivity contribution in [2.24, 2.45) is 17.8 Å². The minimum atomic E-state index is 0.154. The van der Waals surface area contributed by atoms with Crippen LogP contribution in [0.25, 0.3) is 0 Å². The second-order valence-corrected chi connectivity index (χ2v) is 6.06. The smallest absolute Gasteiger partial charge is 0.223 e. The summed E-state index contributed by atoms with van der Waals surface area (Å²) in [5, 5.41) is 9.20. The summed E-state index contributed by atoms with van der Waals surface area (Å²) in [4.78, 5) is 14.1. The van der Waals surface area contributed by atoms with Crippen molar-refractivity contribution in [1.29, 1.82) is 0 Å². The molecule has 0 aromatic carbocycles. The Hall–Kier alpha value is -0.570. The van der Waals surface area contributed by atoms with Crippen molar-refractivity contribution in [2.75, 3.05) is 13.2 Å². The number of hydrogen-bond acceptors (Lipinski definition) is 2. The van der Waals surface area contributed by atoms with Crippen LogP contribution in [-0.4, -0.2) is 35.1 Å². The molecule has 1 saturated heterocycles. The summed E-state index contributed by atoms with van der Waals surface area (Å²) >= 11 is 0. The minimum absolute atomic E-state index is 0.154. The van der Waals surface area contributed by atoms with E-state index in [1.54, 1.807) is 0 Å². The third kappa shape index (κ3) is 2.65. The number of carbonyl (C=O) groups excluding carboxylic acids is 1. The molecule has 1 aliphatic heterocycles. The lowest BCUT2D eigenvalue weighted by Crippen LogP contribution is -2.45. The SMILES string of the molecule is CC(C)C1CCCCC1N1CC(CO)CC1=O. The molecule has 2 aliphatic rings. The first-order valence-corrected chi connectivity index (χ1v) is 7.03. The van der Waals surface area contributed by atoms with Crippen LogP contribution in [0.15, 0.2) is 0 Å². The molecule has 3 nitrogen and oxygen atoms in total. The second kappa shape index (κ2) is 5.38. The van der Waals surface area contributed by atoms with E-state index in [-0.39, 0.29) is 18.4 Å². The summed E-state index contributed by atoms with van der Waals surface area (Å²) in [7, 11) is 0. The first-order valence-electron chi connectivity index (χ1n) is 7.03. The molecular weight excluding hydrogens is 214 g/mol. The summed E-state index contributed by atoms with van der Waals surface area (Å²) in [6.45, 7) is 5.48. The van der Waals surface area contributed by atoms with Crippen LogP contribution in [0, 0.1) is 17.8 Å². The number of aliphatic hydroxyl groups is 1. The van der Waals surface area contributed by atoms with Gasteiger partial charge in [-0.3, -0.25) is 4.79 Å². The van der Waals surface area contributed by atoms with E-state index >= 15 is 0 Å². The zero-order chi connectivity index (χ0) is 12.4. The molecule has 3 heteroatoms. The van der Waals surface area contributed by atoms with Crippen molar-refractivity contribution in [2.45, 2.75) is 52.0 Å². The Labute approximate surface area is 104 Å². The van der Waals surface area contributed by atoms with Crippen LogP contribution in [0.3, 0.4) is 0 Å². The van der Waals surface area contributed by atoms with Crippen LogP contribution >= 0.6 is 0 Å². The lowest BCUT2D eigenvalue weighted by atomic mass is 9.77. The van der Waals surface area contributed by atoms with Crippen molar-refractivity contribution >= 4 is 5.91 Å². The van der Waals surface area contributed by atoms with Gasteiger partial charge in [-0.05, 0) is 24.7 Å². The van der Waals surface area contributed by atoms with Gasteiger partial charge < -0.3 is 10.0 Å². The van der Waals surface area contributed by atoms with Gasteiger partial charge >= 0.3 is 0 Å². The summed E-state index contributed by atoms with van der Waals surface area (Å²) in [5.41, 5.74) is 0. The molecule has 0 aromatic heterocycles. The van der Waals surface area contributed by atoms with Crippen LogP contribution in [0.1, 0.15) is 46.0 Å². The zero-order valence-corrected chi connectivity index (χ0v) is 11.1. The Morgan fingerprint density at radius 3 is 2.65 bits per heavy atom. The normalized spacial score (nSPS) is 34.7. The van der Waals surface area contributed by atoms with E-state index in [1.807, 2.05) is 0 Å². The van der Waals surface area contributed by atoms with Gasteiger partial charge in [-0.15, -0.1) is 0 Å². The van der Waals surface area contributed by atoms with E-state index in [0.717, 1.165) is 13.0 Å². The number of amides is 1. The van der Waals surface area contributed by atoms with Crippen molar-refractivity contribution in [3.05, 3.63) is 0 Å². The van der Waals surface area contributed by atoms with Gasteiger partial charge in [-0.1, -0.05) is 26.7 Å². The number of nitrogens with zero attached hydrogens (tertiary/aromatic N) is 1. The summed E-state index contributed by atoms with van der Waals surface area (Å²) in [6, 6.07) is 0.438. The fourth-order valence-corrected chi connectivity index (χ4v) is 3.56. The Kier molecular flexibility index (Phi) is 4.08. The molecule has 1 saturated carbocycles. The fourth-order valence-electron chi connectivity index (χ4n) is 3.56. The monoisotopic (exact) mass is 239 g/mol. The van der Waals surface area contributed by atoms with Crippen molar-refractivity contribution in [3.63, 3.8) is 0 Å². The Morgan fingerprint density at radius 2 is 2.06 bits per heavy atom. The maximum atomic E-state index is 12.0. The van der Waals surface area contributed by atoms with Crippen LogP contribution in [0.4, 0.5) is 0 Å². The molecule has 1 aliphatic carbocycles. The maximum absolute atomic E-state index is 12.0. The zero-order valence-electron chi connectivity index (χ0n) is 11.1. The quantitative estimate of drug-likeness (QED) is 0.819. The highest BCUT2D eigenvalue weighted by Gasteiger charge is 2.39. The number of aliphatic hydroxyl groups excluding tert-OH is 1. The third-order valence-corrected chi connectivity index (χ3v) is 4.53. The predicted octanol–water partition coefficient (Wildman–Crippen LogP) is 2.04. The van der Waals surface area contributed by atoms with E-state index in [4.69, 9.17) is 0 Å². The average molecular weight is 239 g/mol. The van der Waals surface area contributed by atoms with Crippen LogP contribution in [-0.2, 0) is 4.79 Å². The molecule has 1 amide bonds. The Balaban J connectivity index is 2.06. The summed E-state index contributed by atoms with van der Waals surface area (Å²) in [5.74, 6) is 1.75. The van der Waals surface area contributed by atoms with Crippen molar-refractivity contribution < 1.29 is 9.90 Å². The van der Waals surface area contributed by atoms with Crippen molar-refractivity contribution in [1.82, 2.24) is 4.90 Å². The van der Waals surface area contributed by atoms with E-state index < -0.39 is 0 Å². The highest BCUT2D eigenvalue weighted by atomic mass is 16.3. The Bertz CT molecular complexity index is 277. The molecule has 1 N–H and O–H groups in total. The van der Waals surface area contributed by atoms with E-state index in [2.05, 4.69) is 18.7 Å². The molecule has 3 unspecified atom stereocenters. The molecule has 2 fully saturated rings. The van der Waals surface area contributed by atoms with Gasteiger partial charge in [-0.2, -0.15) is 0 Å². The first kappa shape index (κ1) is 12.9. The van der Waals surface area contributed by atoms with Gasteiger partial charge in [0.1, 0.15) is 0 Å². The topological polar surface area (TPSA) is 40.5 Å². The van der Waals surface area contributed by atoms with Crippen LogP contribution in [0.5, 0.6) is 0 Å². The van der Waals surface area contributed by atoms with Gasteiger partial charge in [-0.25, -0.2) is 0 Å². The summed E-state index contributed by atoms with van der Waals surface area (Å²) in [6.07, 6.45) is 5.53. The van der Waals surface area contributed by atoms with Gasteiger partial charge in [0.25, 0.3) is 0 Å². The van der Waals surface area contributed by atoms with E-state index in [1.165, 1.54) is 19.3 Å². The number of hydrogen-bond donors (Lipinski definition) is 1. The molecule has 0 bridgehead atoms. The molecule has 0 aromatic rings. The summed E-state index contributed by atoms with van der Waals surface area (Å²) < 4.78 is 0. The maximum Gasteiger partial charge on any atom is 0.223 e. The van der Waals surface area contributed by atoms with Crippen LogP contribution < -0.4 is 0 Å². The predicted molar refractivity (Wildman–Crippen MR) is 67.5 cm³/mol. The van der Waals surface area contributed by atoms with Gasteiger partial charge in [0, 0.05) is 31.5 Å². The number of rotatable bonds is 3. The largest absolute Gasteiger partial charge is 0.396 e. The molecule has 17 heavy (non-hydrogen) atoms. The van der Waals surface area contributed by atoms with Crippen molar-refractivity contribution in [3.8, 4) is 0 Å². The number of carbonyl (C=O) groups is 1. The average Bonchev–Trinajstić information content (AvgIpc) is 2.70. The van der Waals surface area contributed by atoms with Gasteiger partial charge in [0.15, 0.2) is 0 Å². The molecular formula is C14H25NO2. The van der Waals surface area contributed by atoms with E-state index in [0.29, 0.717) is 24.3 Å². The standard InChI is InChI=1S/C14H25NO2/c1-10(2)12-5-3-4-6-13(12)15-8-11(9-16)7-14(15)17/h10-13,16H,3-9H2,1-2H3. The molecule has 0 radical (unpaired) electrons.